The maximum atomic E-state index is 11.3. The van der Waals surface area contributed by atoms with Gasteiger partial charge in [0.15, 0.2) is 0 Å². The van der Waals surface area contributed by atoms with Gasteiger partial charge in [-0.15, -0.1) is 0 Å². The zero-order valence-corrected chi connectivity index (χ0v) is 8.77. The molecule has 0 heterocycles. The van der Waals surface area contributed by atoms with Crippen LogP contribution in [0.5, 0.6) is 0 Å². The number of hydrogen-bond acceptors (Lipinski definition) is 3. The number of alkyl halides is 3. The van der Waals surface area contributed by atoms with Crippen LogP contribution < -0.4 is 0 Å². The van der Waals surface area contributed by atoms with Crippen molar-refractivity contribution in [2.45, 2.75) is 5.80 Å². The number of rotatable bonds is 3. The van der Waals surface area contributed by atoms with Gasteiger partial charge in [0.25, 0.3) is 9.76 Å². The molecule has 0 aromatic rings. The van der Waals surface area contributed by atoms with E-state index in [1.54, 1.807) is 0 Å². The summed E-state index contributed by atoms with van der Waals surface area (Å²) >= 11 is 0. The van der Waals surface area contributed by atoms with E-state index in [0.29, 0.717) is 0 Å². The van der Waals surface area contributed by atoms with Crippen LogP contribution in [0, 0.1) is 0 Å². The highest BCUT2D eigenvalue weighted by atomic mass is 32.4. The van der Waals surface area contributed by atoms with Gasteiger partial charge < -0.3 is 4.12 Å². The monoisotopic (exact) mass is 226 g/mol. The van der Waals surface area contributed by atoms with E-state index in [1.165, 1.54) is 0 Å². The van der Waals surface area contributed by atoms with Crippen LogP contribution in [-0.4, -0.2) is 37.4 Å². The first-order valence-electron chi connectivity index (χ1n) is 2.30. The Bertz CT molecular complexity index is 208. The third-order valence-electron chi connectivity index (χ3n) is 0.498. The molecule has 0 atom stereocenters. The van der Waals surface area contributed by atoms with Crippen molar-refractivity contribution in [1.82, 2.24) is 0 Å². The van der Waals surface area contributed by atoms with Crippen molar-refractivity contribution >= 4 is 28.2 Å². The average molecular weight is 226 g/mol. The van der Waals surface area contributed by atoms with Crippen molar-refractivity contribution in [3.8, 4) is 0 Å². The zero-order valence-electron chi connectivity index (χ0n) is 5.13. The molecule has 0 aromatic heterocycles. The summed E-state index contributed by atoms with van der Waals surface area (Å²) in [4.78, 5) is 0. The molecule has 0 saturated heterocycles. The Labute approximate surface area is 65.0 Å². The van der Waals surface area contributed by atoms with E-state index in [-0.39, 0.29) is 0 Å². The Morgan fingerprint density at radius 1 is 1.36 bits per heavy atom. The lowest BCUT2D eigenvalue weighted by molar-refractivity contribution is -0.0545. The largest absolute Gasteiger partial charge is 0.445 e. The van der Waals surface area contributed by atoms with E-state index in [4.69, 9.17) is 4.55 Å². The second-order valence-corrected chi connectivity index (χ2v) is 8.68. The maximum Gasteiger partial charge on any atom is 0.381 e. The van der Waals surface area contributed by atoms with Gasteiger partial charge >= 0.3 is 14.7 Å². The minimum absolute atomic E-state index is 2.46. The van der Waals surface area contributed by atoms with Gasteiger partial charge in [-0.1, -0.05) is 0 Å². The normalized spacial score (nSPS) is 15.6. The summed E-state index contributed by atoms with van der Waals surface area (Å²) in [5.74, 6) is -4.41. The molecule has 0 unspecified atom stereocenters. The Kier molecular flexibility index (Phi) is 3.70. The lowest BCUT2D eigenvalue weighted by Gasteiger charge is -2.04. The van der Waals surface area contributed by atoms with Crippen molar-refractivity contribution in [2.24, 2.45) is 0 Å². The minimum atomic E-state index is -4.41. The molecule has 0 saturated carbocycles. The summed E-state index contributed by atoms with van der Waals surface area (Å²) < 4.78 is 65.5. The van der Waals surface area contributed by atoms with Crippen LogP contribution in [-0.2, 0) is 13.7 Å². The van der Waals surface area contributed by atoms with Crippen molar-refractivity contribution in [3.05, 3.63) is 0 Å². The summed E-state index contributed by atoms with van der Waals surface area (Å²) in [6.45, 7) is 0. The summed E-state index contributed by atoms with van der Waals surface area (Å²) in [7, 11) is -9.56. The molecule has 11 heavy (non-hydrogen) atoms. The van der Waals surface area contributed by atoms with Crippen LogP contribution in [0.25, 0.3) is 0 Å². The smallest absolute Gasteiger partial charge is 0.381 e. The quantitative estimate of drug-likeness (QED) is 0.469. The van der Waals surface area contributed by atoms with E-state index in [0.717, 1.165) is 0 Å². The molecule has 0 rings (SSSR count). The molecule has 0 bridgehead atoms. The third-order valence-corrected chi connectivity index (χ3v) is 5.00. The standard InChI is InChI=1S/CH5F3O4SSi2/c2-1(3,4)10-8-11-9(5,6)7/h10-11H2,(H,5,6,7). The Hall–Kier alpha value is 0.0938. The van der Waals surface area contributed by atoms with Gasteiger partial charge in [-0.2, -0.15) is 13.2 Å². The van der Waals surface area contributed by atoms with Gasteiger partial charge in [-0.3, -0.25) is 4.55 Å². The average Bonchev–Trinajstić information content (AvgIpc) is 1.55. The first kappa shape index (κ1) is 11.1. The Morgan fingerprint density at radius 3 is 2.09 bits per heavy atom. The van der Waals surface area contributed by atoms with E-state index < -0.39 is 34.0 Å². The minimum Gasteiger partial charge on any atom is -0.445 e. The van der Waals surface area contributed by atoms with Crippen LogP contribution in [0.3, 0.4) is 0 Å². The van der Waals surface area contributed by atoms with Crippen LogP contribution in [0.15, 0.2) is 0 Å². The fourth-order valence-corrected chi connectivity index (χ4v) is 5.01. The molecule has 0 fully saturated rings. The lowest BCUT2D eigenvalue weighted by Crippen LogP contribution is -2.26. The van der Waals surface area contributed by atoms with Gasteiger partial charge in [0, 0.05) is 0 Å². The van der Waals surface area contributed by atoms with E-state index in [1.807, 2.05) is 0 Å². The molecule has 0 aliphatic carbocycles. The fourth-order valence-electron chi connectivity index (χ4n) is 0.263. The molecule has 0 radical (unpaired) electrons. The summed E-state index contributed by atoms with van der Waals surface area (Å²) in [6, 6.07) is 0. The van der Waals surface area contributed by atoms with Crippen molar-refractivity contribution < 1.29 is 30.3 Å². The summed E-state index contributed by atoms with van der Waals surface area (Å²) in [5, 5.41) is 0. The molecule has 10 heteroatoms. The number of halogens is 3. The SMILES string of the molecule is O=S(=O)(O)[SiH2]O[SiH2]C(F)(F)F. The second-order valence-electron chi connectivity index (χ2n) is 1.66. The van der Waals surface area contributed by atoms with Gasteiger partial charge in [-0.05, 0) is 0 Å². The van der Waals surface area contributed by atoms with E-state index in [2.05, 4.69) is 4.12 Å². The van der Waals surface area contributed by atoms with Crippen molar-refractivity contribution in [3.63, 3.8) is 0 Å². The van der Waals surface area contributed by atoms with Crippen molar-refractivity contribution in [1.29, 1.82) is 0 Å². The Morgan fingerprint density at radius 2 is 1.82 bits per heavy atom. The molecule has 0 aromatic carbocycles. The molecule has 0 aliphatic rings. The maximum absolute atomic E-state index is 11.3. The Balaban J connectivity index is 3.61. The highest BCUT2D eigenvalue weighted by Crippen LogP contribution is 2.11. The van der Waals surface area contributed by atoms with Gasteiger partial charge in [0.05, 0.1) is 0 Å². The topological polar surface area (TPSA) is 63.6 Å². The third kappa shape index (κ3) is 10.1. The molecule has 0 aliphatic heterocycles. The molecule has 68 valence electrons. The molecule has 4 nitrogen and oxygen atoms in total. The first-order chi connectivity index (χ1) is 4.71. The number of hydrogen-bond donors (Lipinski definition) is 1. The van der Waals surface area contributed by atoms with Crippen LogP contribution in [0.1, 0.15) is 0 Å². The van der Waals surface area contributed by atoms with Crippen LogP contribution in [0.2, 0.25) is 0 Å². The highest BCUT2D eigenvalue weighted by Gasteiger charge is 2.29. The predicted molar refractivity (Wildman–Crippen MR) is 35.8 cm³/mol. The molecule has 1 N–H and O–H groups in total. The molecular weight excluding hydrogens is 221 g/mol. The van der Waals surface area contributed by atoms with Crippen LogP contribution >= 0.6 is 0 Å². The fraction of sp³-hybridized carbons (Fsp3) is 1.00. The van der Waals surface area contributed by atoms with Crippen LogP contribution in [0.4, 0.5) is 13.2 Å². The lowest BCUT2D eigenvalue weighted by atomic mass is 11.5. The first-order valence-corrected chi connectivity index (χ1v) is 7.51. The van der Waals surface area contributed by atoms with Gasteiger partial charge in [0.2, 0.25) is 9.57 Å². The van der Waals surface area contributed by atoms with E-state index in [9.17, 15) is 21.6 Å². The van der Waals surface area contributed by atoms with Crippen molar-refractivity contribution in [2.75, 3.05) is 0 Å². The van der Waals surface area contributed by atoms with E-state index >= 15 is 0 Å². The summed E-state index contributed by atoms with van der Waals surface area (Å²) in [6.07, 6.45) is 0. The zero-order chi connectivity index (χ0) is 9.12. The predicted octanol–water partition coefficient (Wildman–Crippen LogP) is -1.51. The highest BCUT2D eigenvalue weighted by molar-refractivity contribution is 8.10. The summed E-state index contributed by atoms with van der Waals surface area (Å²) in [5.41, 5.74) is 0. The molecule has 0 amide bonds. The van der Waals surface area contributed by atoms with Gasteiger partial charge in [-0.25, -0.2) is 8.42 Å². The molecule has 0 spiro atoms. The van der Waals surface area contributed by atoms with Gasteiger partial charge in [0.1, 0.15) is 0 Å². The second kappa shape index (κ2) is 3.66. The molecular formula is CH5F3O4SSi2.